The number of carboxylic acid groups (broad SMARTS) is 1. The summed E-state index contributed by atoms with van der Waals surface area (Å²) >= 11 is 20.2. The first-order valence-electron chi connectivity index (χ1n) is 11.9. The Morgan fingerprint density at radius 3 is 2.39 bits per heavy atom. The summed E-state index contributed by atoms with van der Waals surface area (Å²) in [7, 11) is 2.16. The van der Waals surface area contributed by atoms with Crippen molar-refractivity contribution >= 4 is 102 Å². The number of fused-ring (bicyclic) bond motifs is 1. The van der Waals surface area contributed by atoms with E-state index >= 15 is 0 Å². The van der Waals surface area contributed by atoms with E-state index in [-0.39, 0.29) is 18.6 Å². The van der Waals surface area contributed by atoms with Crippen molar-refractivity contribution in [3.63, 3.8) is 0 Å². The fraction of sp³-hybridized carbons (Fsp3) is 0.269. The van der Waals surface area contributed by atoms with Crippen molar-refractivity contribution in [2.24, 2.45) is 0 Å². The van der Waals surface area contributed by atoms with Crippen LogP contribution in [0.1, 0.15) is 25.8 Å². The van der Waals surface area contributed by atoms with Crippen LogP contribution in [0.2, 0.25) is 0 Å². The minimum Gasteiger partial charge on any atom is -0.476 e. The molecular weight excluding hydrogens is 653 g/mol. The summed E-state index contributed by atoms with van der Waals surface area (Å²) in [6, 6.07) is 15.1. The molecule has 1 aliphatic rings. The molecule has 1 saturated heterocycles. The number of hydrogen-bond acceptors (Lipinski definition) is 9. The van der Waals surface area contributed by atoms with E-state index in [0.29, 0.717) is 9.90 Å². The molecule has 41 heavy (non-hydrogen) atoms. The monoisotopic (exact) mass is 673 g/mol. The average molecular weight is 675 g/mol. The molecule has 15 heteroatoms. The van der Waals surface area contributed by atoms with E-state index in [1.807, 2.05) is 30.3 Å². The molecule has 9 nitrogen and oxygen atoms in total. The number of alkyl halides is 3. The number of nitrogens with zero attached hydrogens (tertiary/aromatic N) is 2. The van der Waals surface area contributed by atoms with Crippen LogP contribution in [0.5, 0.6) is 0 Å². The lowest BCUT2D eigenvalue weighted by atomic mass is 9.89. The Balaban J connectivity index is 1.77. The predicted molar refractivity (Wildman–Crippen MR) is 162 cm³/mol. The molecule has 0 saturated carbocycles. The van der Waals surface area contributed by atoms with Crippen LogP contribution >= 0.6 is 67.7 Å². The van der Waals surface area contributed by atoms with Crippen molar-refractivity contribution < 1.29 is 29.0 Å². The number of allylic oxidation sites excluding steroid dienone is 1. The third kappa shape index (κ3) is 7.30. The van der Waals surface area contributed by atoms with Gasteiger partial charge in [0.15, 0.2) is 13.8 Å². The third-order valence-corrected chi connectivity index (χ3v) is 10.7. The highest BCUT2D eigenvalue weighted by atomic mass is 35.6. The van der Waals surface area contributed by atoms with Gasteiger partial charge in [-0.25, -0.2) is 9.78 Å². The Morgan fingerprint density at radius 2 is 1.78 bits per heavy atom. The van der Waals surface area contributed by atoms with Crippen molar-refractivity contribution in [3.8, 4) is 0 Å². The topological polar surface area (TPSA) is 126 Å². The van der Waals surface area contributed by atoms with Crippen LogP contribution in [-0.4, -0.2) is 53.4 Å². The molecule has 2 aromatic carbocycles. The Hall–Kier alpha value is -2.48. The summed E-state index contributed by atoms with van der Waals surface area (Å²) < 4.78 is 4.57. The number of aromatic nitrogens is 1. The number of rotatable bonds is 10. The van der Waals surface area contributed by atoms with E-state index in [1.165, 1.54) is 18.3 Å². The van der Waals surface area contributed by atoms with E-state index in [9.17, 15) is 24.3 Å². The Bertz CT molecular complexity index is 1500. The lowest BCUT2D eigenvalue weighted by Gasteiger charge is -2.57. The zero-order chi connectivity index (χ0) is 29.9. The molecule has 0 spiro atoms. The van der Waals surface area contributed by atoms with Gasteiger partial charge in [0.05, 0.1) is 16.6 Å². The molecule has 3 aromatic rings. The van der Waals surface area contributed by atoms with Crippen LogP contribution in [0.4, 0.5) is 0 Å². The Morgan fingerprint density at radius 1 is 1.12 bits per heavy atom. The lowest BCUT2D eigenvalue weighted by molar-refractivity contribution is -0.158. The van der Waals surface area contributed by atoms with Crippen molar-refractivity contribution in [2.75, 3.05) is 0 Å². The van der Waals surface area contributed by atoms with Gasteiger partial charge in [0.1, 0.15) is 16.7 Å². The van der Waals surface area contributed by atoms with Crippen molar-refractivity contribution in [1.82, 2.24) is 15.2 Å². The molecule has 2 unspecified atom stereocenters. The predicted octanol–water partition coefficient (Wildman–Crippen LogP) is 5.94. The summed E-state index contributed by atoms with van der Waals surface area (Å²) in [6.07, 6.45) is -0.433. The summed E-state index contributed by atoms with van der Waals surface area (Å²) in [4.78, 5) is 54.7. The second-order valence-electron chi connectivity index (χ2n) is 8.89. The zero-order valence-corrected chi connectivity index (χ0v) is 26.1. The van der Waals surface area contributed by atoms with Gasteiger partial charge in [0.2, 0.25) is 5.91 Å². The maximum absolute atomic E-state index is 13.6. The van der Waals surface area contributed by atoms with E-state index in [1.54, 1.807) is 24.3 Å². The number of carboxylic acids is 1. The molecule has 0 radical (unpaired) electrons. The molecule has 1 aliphatic heterocycles. The number of amides is 2. The zero-order valence-electron chi connectivity index (χ0n) is 21.4. The molecule has 2 N–H and O–H groups in total. The number of hydrogen-bond donors (Lipinski definition) is 2. The van der Waals surface area contributed by atoms with Crippen LogP contribution in [-0.2, 0) is 30.3 Å². The van der Waals surface area contributed by atoms with Crippen LogP contribution in [0.25, 0.3) is 10.2 Å². The molecule has 216 valence electrons. The number of esters is 1. The van der Waals surface area contributed by atoms with Crippen LogP contribution in [0, 0.1) is 0 Å². The second-order valence-corrected chi connectivity index (χ2v) is 15.1. The molecule has 1 fully saturated rings. The van der Waals surface area contributed by atoms with Gasteiger partial charge in [-0.2, -0.15) is 0 Å². The van der Waals surface area contributed by atoms with Gasteiger partial charge in [0, 0.05) is 13.3 Å². The molecular formula is C26H22Cl3N3O6S3. The number of thiazole rings is 1. The number of para-hydroxylation sites is 1. The molecule has 0 bridgehead atoms. The highest BCUT2D eigenvalue weighted by Gasteiger charge is 2.66. The molecule has 2 atom stereocenters. The van der Waals surface area contributed by atoms with E-state index in [4.69, 9.17) is 39.5 Å². The number of carbonyl (C=O) groups is 4. The summed E-state index contributed by atoms with van der Waals surface area (Å²) in [6.45, 7) is 2.34. The number of β-lactam (4-membered cyclic amide) rings is 1. The van der Waals surface area contributed by atoms with E-state index in [2.05, 4.69) is 10.3 Å². The number of benzene rings is 2. The third-order valence-electron chi connectivity index (χ3n) is 5.85. The molecule has 2 amide bonds. The molecule has 1 aromatic heterocycles. The average Bonchev–Trinajstić information content (AvgIpc) is 3.31. The summed E-state index contributed by atoms with van der Waals surface area (Å²) in [5.74, 6) is -3.95. The van der Waals surface area contributed by atoms with Crippen LogP contribution in [0.15, 0.2) is 70.4 Å². The van der Waals surface area contributed by atoms with Crippen molar-refractivity contribution in [1.29, 1.82) is 0 Å². The van der Waals surface area contributed by atoms with Crippen LogP contribution < -0.4 is 5.32 Å². The van der Waals surface area contributed by atoms with Gasteiger partial charge in [-0.1, -0.05) is 88.1 Å². The van der Waals surface area contributed by atoms with Gasteiger partial charge >= 0.3 is 11.9 Å². The fourth-order valence-corrected chi connectivity index (χ4v) is 9.43. The minimum atomic E-state index is -1.98. The van der Waals surface area contributed by atoms with Gasteiger partial charge < -0.3 is 15.2 Å². The number of halogens is 3. The summed E-state index contributed by atoms with van der Waals surface area (Å²) in [5, 5.41) is 12.8. The Labute approximate surface area is 261 Å². The molecule has 4 rings (SSSR count). The van der Waals surface area contributed by atoms with Gasteiger partial charge in [0.25, 0.3) is 5.91 Å². The minimum absolute atomic E-state index is 0.0434. The highest BCUT2D eigenvalue weighted by Crippen LogP contribution is 2.58. The van der Waals surface area contributed by atoms with Gasteiger partial charge in [-0.05, 0) is 35.4 Å². The van der Waals surface area contributed by atoms with Crippen molar-refractivity contribution in [2.45, 2.75) is 45.7 Å². The standard InChI is InChI=1S/C26H22Cl3N3O6S3/c1-14(38-15(2)33)20(23(36)37)32-22(35)21(31-19(34)12-16-8-4-3-5-9-16)25(32,13-26(27,28)29)41-40-24-30-17-10-6-7-11-18(17)39-24/h3-11,21H,12-13H2,1-2H3,(H,31,34)(H,36,37). The maximum atomic E-state index is 13.6. The number of ether oxygens (including phenoxy) is 1. The lowest BCUT2D eigenvalue weighted by Crippen LogP contribution is -2.78. The summed E-state index contributed by atoms with van der Waals surface area (Å²) in [5.41, 5.74) is 0.835. The van der Waals surface area contributed by atoms with E-state index in [0.717, 1.165) is 43.6 Å². The second kappa shape index (κ2) is 12.8. The Kier molecular flexibility index (Phi) is 9.82. The SMILES string of the molecule is CC(=O)OC(C)=C(C(=O)O)N1C(=O)C(NC(=O)Cc2ccccc2)C1(CC(Cl)(Cl)Cl)SSc1nc2ccccc2s1. The maximum Gasteiger partial charge on any atom is 0.356 e. The van der Waals surface area contributed by atoms with Crippen LogP contribution in [0.3, 0.4) is 0 Å². The highest BCUT2D eigenvalue weighted by molar-refractivity contribution is 8.77. The first kappa shape index (κ1) is 31.5. The quantitative estimate of drug-likeness (QED) is 0.0671. The normalized spacial score (nSPS) is 19.4. The van der Waals surface area contributed by atoms with Gasteiger partial charge in [-0.3, -0.25) is 19.3 Å². The van der Waals surface area contributed by atoms with Gasteiger partial charge in [-0.15, -0.1) is 11.3 Å². The number of aliphatic carboxylic acids is 1. The first-order chi connectivity index (χ1) is 19.3. The molecule has 0 aliphatic carbocycles. The smallest absolute Gasteiger partial charge is 0.356 e. The number of nitrogens with one attached hydrogen (secondary N) is 1. The number of carbonyl (C=O) groups excluding carboxylic acids is 3. The first-order valence-corrected chi connectivity index (χ1v) is 16.0. The fourth-order valence-electron chi connectivity index (χ4n) is 4.28. The largest absolute Gasteiger partial charge is 0.476 e. The molecule has 2 heterocycles. The van der Waals surface area contributed by atoms with E-state index < -0.39 is 44.2 Å². The number of likely N-dealkylation sites (tertiary alicyclic amines) is 1. The van der Waals surface area contributed by atoms with Crippen molar-refractivity contribution in [3.05, 3.63) is 71.6 Å².